The van der Waals surface area contributed by atoms with Crippen LogP contribution < -0.4 is 10.1 Å². The monoisotopic (exact) mass is 319 g/mol. The van der Waals surface area contributed by atoms with Crippen molar-refractivity contribution >= 4 is 23.2 Å². The maximum Gasteiger partial charge on any atom is 0.346 e. The molecule has 2 N–H and O–H groups in total. The highest BCUT2D eigenvalue weighted by molar-refractivity contribution is 7.12. The number of thiophene rings is 1. The van der Waals surface area contributed by atoms with Gasteiger partial charge in [-0.3, -0.25) is 4.79 Å². The first-order valence-corrected chi connectivity index (χ1v) is 7.62. The number of methoxy groups -OCH3 is 1. The number of hydrogen-bond acceptors (Lipinski definition) is 4. The van der Waals surface area contributed by atoms with Gasteiger partial charge in [0.05, 0.1) is 13.0 Å². The molecule has 0 saturated carbocycles. The number of aromatic carboxylic acids is 1. The molecule has 1 atom stereocenters. The van der Waals surface area contributed by atoms with Gasteiger partial charge >= 0.3 is 5.97 Å². The molecule has 116 valence electrons. The Morgan fingerprint density at radius 3 is 2.82 bits per heavy atom. The number of carboxylic acid groups (broad SMARTS) is 1. The number of benzene rings is 1. The van der Waals surface area contributed by atoms with Gasteiger partial charge < -0.3 is 15.2 Å². The molecule has 0 bridgehead atoms. The zero-order valence-corrected chi connectivity index (χ0v) is 13.1. The Balaban J connectivity index is 2.02. The molecule has 1 amide bonds. The van der Waals surface area contributed by atoms with Crippen molar-refractivity contribution in [3.8, 4) is 5.75 Å². The summed E-state index contributed by atoms with van der Waals surface area (Å²) >= 11 is 1.15. The van der Waals surface area contributed by atoms with Gasteiger partial charge in [-0.2, -0.15) is 0 Å². The second-order valence-corrected chi connectivity index (χ2v) is 5.71. The van der Waals surface area contributed by atoms with E-state index >= 15 is 0 Å². The van der Waals surface area contributed by atoms with Crippen molar-refractivity contribution in [2.45, 2.75) is 19.4 Å². The summed E-state index contributed by atoms with van der Waals surface area (Å²) in [5.74, 6) is -0.777. The van der Waals surface area contributed by atoms with Crippen LogP contribution in [0, 0.1) is 0 Å². The first-order chi connectivity index (χ1) is 10.5. The largest absolute Gasteiger partial charge is 0.497 e. The van der Waals surface area contributed by atoms with E-state index in [2.05, 4.69) is 5.32 Å². The first-order valence-electron chi connectivity index (χ1n) is 6.74. The van der Waals surface area contributed by atoms with Gasteiger partial charge in [-0.05, 0) is 41.6 Å². The normalized spacial score (nSPS) is 11.7. The summed E-state index contributed by atoms with van der Waals surface area (Å²) in [6, 6.07) is 9.04. The van der Waals surface area contributed by atoms with Crippen LogP contribution >= 0.6 is 11.3 Å². The predicted molar refractivity (Wildman–Crippen MR) is 84.5 cm³/mol. The zero-order valence-electron chi connectivity index (χ0n) is 12.3. The van der Waals surface area contributed by atoms with Crippen LogP contribution in [0.4, 0.5) is 0 Å². The van der Waals surface area contributed by atoms with E-state index in [-0.39, 0.29) is 23.2 Å². The molecule has 0 spiro atoms. The molecular weight excluding hydrogens is 302 g/mol. The van der Waals surface area contributed by atoms with Gasteiger partial charge in [0.25, 0.3) is 0 Å². The molecule has 2 rings (SSSR count). The molecule has 5 nitrogen and oxygen atoms in total. The van der Waals surface area contributed by atoms with Gasteiger partial charge in [-0.25, -0.2) is 4.79 Å². The number of carboxylic acids is 1. The maximum atomic E-state index is 12.2. The van der Waals surface area contributed by atoms with Crippen molar-refractivity contribution in [1.29, 1.82) is 0 Å². The van der Waals surface area contributed by atoms with Crippen LogP contribution in [0.5, 0.6) is 5.75 Å². The number of ether oxygens (including phenoxy) is 1. The van der Waals surface area contributed by atoms with Crippen LogP contribution in [0.25, 0.3) is 0 Å². The van der Waals surface area contributed by atoms with Crippen molar-refractivity contribution < 1.29 is 19.4 Å². The molecule has 1 aromatic heterocycles. The first kappa shape index (κ1) is 16.0. The van der Waals surface area contributed by atoms with Crippen molar-refractivity contribution in [2.24, 2.45) is 0 Å². The molecule has 1 aromatic carbocycles. The second-order valence-electron chi connectivity index (χ2n) is 4.80. The van der Waals surface area contributed by atoms with E-state index in [1.54, 1.807) is 25.5 Å². The molecule has 22 heavy (non-hydrogen) atoms. The molecule has 0 fully saturated rings. The van der Waals surface area contributed by atoms with Crippen molar-refractivity contribution in [1.82, 2.24) is 5.32 Å². The van der Waals surface area contributed by atoms with E-state index in [0.717, 1.165) is 16.9 Å². The fourth-order valence-electron chi connectivity index (χ4n) is 2.06. The summed E-state index contributed by atoms with van der Waals surface area (Å²) in [5, 5.41) is 13.5. The van der Waals surface area contributed by atoms with E-state index in [1.165, 1.54) is 0 Å². The lowest BCUT2D eigenvalue weighted by Gasteiger charge is -2.13. The molecule has 1 unspecified atom stereocenters. The van der Waals surface area contributed by atoms with E-state index in [0.29, 0.717) is 11.3 Å². The number of amides is 1. The standard InChI is InChI=1S/C16H17NO4S/c1-10(11-4-3-5-13(8-11)21-2)15(18)17-9-12-6-7-22-14(12)16(19)20/h3-8,10H,9H2,1-2H3,(H,17,18)(H,19,20). The number of carbonyl (C=O) groups is 2. The summed E-state index contributed by atoms with van der Waals surface area (Å²) in [4.78, 5) is 23.5. The maximum absolute atomic E-state index is 12.2. The number of hydrogen-bond donors (Lipinski definition) is 2. The van der Waals surface area contributed by atoms with Crippen molar-refractivity contribution in [3.63, 3.8) is 0 Å². The highest BCUT2D eigenvalue weighted by atomic mass is 32.1. The predicted octanol–water partition coefficient (Wildman–Crippen LogP) is 2.87. The SMILES string of the molecule is COc1cccc(C(C)C(=O)NCc2ccsc2C(=O)O)c1. The molecule has 0 aliphatic heterocycles. The van der Waals surface area contributed by atoms with Crippen LogP contribution in [-0.2, 0) is 11.3 Å². The van der Waals surface area contributed by atoms with Crippen molar-refractivity contribution in [2.75, 3.05) is 7.11 Å². The molecule has 0 aliphatic carbocycles. The number of rotatable bonds is 6. The minimum Gasteiger partial charge on any atom is -0.497 e. The Bertz CT molecular complexity index is 680. The molecule has 0 aliphatic rings. The van der Waals surface area contributed by atoms with Gasteiger partial charge in [-0.1, -0.05) is 12.1 Å². The van der Waals surface area contributed by atoms with E-state index in [4.69, 9.17) is 9.84 Å². The van der Waals surface area contributed by atoms with Gasteiger partial charge in [0.2, 0.25) is 5.91 Å². The summed E-state index contributed by atoms with van der Waals surface area (Å²) < 4.78 is 5.15. The lowest BCUT2D eigenvalue weighted by molar-refractivity contribution is -0.122. The molecule has 0 saturated heterocycles. The fourth-order valence-corrected chi connectivity index (χ4v) is 2.82. The summed E-state index contributed by atoms with van der Waals surface area (Å²) in [6.45, 7) is 2.01. The van der Waals surface area contributed by atoms with E-state index in [9.17, 15) is 9.59 Å². The van der Waals surface area contributed by atoms with Crippen LogP contribution in [0.1, 0.15) is 33.6 Å². The third-order valence-electron chi connectivity index (χ3n) is 3.38. The number of carbonyl (C=O) groups excluding carboxylic acids is 1. The third-order valence-corrected chi connectivity index (χ3v) is 4.33. The quantitative estimate of drug-likeness (QED) is 0.858. The summed E-state index contributed by atoms with van der Waals surface area (Å²) in [6.07, 6.45) is 0. The van der Waals surface area contributed by atoms with Crippen LogP contribution in [0.2, 0.25) is 0 Å². The molecular formula is C16H17NO4S. The van der Waals surface area contributed by atoms with Crippen LogP contribution in [0.15, 0.2) is 35.7 Å². The molecule has 0 radical (unpaired) electrons. The average molecular weight is 319 g/mol. The highest BCUT2D eigenvalue weighted by Crippen LogP contribution is 2.21. The average Bonchev–Trinajstić information content (AvgIpc) is 3.00. The smallest absolute Gasteiger partial charge is 0.346 e. The molecule has 1 heterocycles. The Labute approximate surface area is 132 Å². The lowest BCUT2D eigenvalue weighted by Crippen LogP contribution is -2.27. The summed E-state index contributed by atoms with van der Waals surface area (Å²) in [5.41, 5.74) is 1.46. The van der Waals surface area contributed by atoms with Gasteiger partial charge in [-0.15, -0.1) is 11.3 Å². The van der Waals surface area contributed by atoms with Crippen LogP contribution in [0.3, 0.4) is 0 Å². The zero-order chi connectivity index (χ0) is 16.1. The van der Waals surface area contributed by atoms with E-state index < -0.39 is 5.97 Å². The van der Waals surface area contributed by atoms with E-state index in [1.807, 2.05) is 24.3 Å². The summed E-state index contributed by atoms with van der Waals surface area (Å²) in [7, 11) is 1.58. The van der Waals surface area contributed by atoms with Gasteiger partial charge in [0.15, 0.2) is 0 Å². The van der Waals surface area contributed by atoms with Gasteiger partial charge in [0, 0.05) is 6.54 Å². The second kappa shape index (κ2) is 7.09. The van der Waals surface area contributed by atoms with Crippen molar-refractivity contribution in [3.05, 3.63) is 51.7 Å². The van der Waals surface area contributed by atoms with Gasteiger partial charge in [0.1, 0.15) is 10.6 Å². The minimum absolute atomic E-state index is 0.157. The Morgan fingerprint density at radius 2 is 2.14 bits per heavy atom. The Hall–Kier alpha value is -2.34. The topological polar surface area (TPSA) is 75.6 Å². The van der Waals surface area contributed by atoms with Crippen LogP contribution in [-0.4, -0.2) is 24.1 Å². The minimum atomic E-state index is -0.972. The molecule has 6 heteroatoms. The fraction of sp³-hybridized carbons (Fsp3) is 0.250. The molecule has 2 aromatic rings. The third kappa shape index (κ3) is 3.65. The Morgan fingerprint density at radius 1 is 1.36 bits per heavy atom. The highest BCUT2D eigenvalue weighted by Gasteiger charge is 2.17. The number of nitrogens with one attached hydrogen (secondary N) is 1. The lowest BCUT2D eigenvalue weighted by atomic mass is 10.00. The Kier molecular flexibility index (Phi) is 5.16.